The molecule has 0 aliphatic carbocycles. The number of ether oxygens (including phenoxy) is 1. The molecule has 0 saturated heterocycles. The van der Waals surface area contributed by atoms with Crippen LogP contribution in [0.2, 0.25) is 5.02 Å². The van der Waals surface area contributed by atoms with Gasteiger partial charge in [-0.05, 0) is 52.3 Å². The average Bonchev–Trinajstić information content (AvgIpc) is 2.52. The number of hydrazine groups is 1. The molecule has 0 saturated carbocycles. The Balaban J connectivity index is 2.00. The summed E-state index contributed by atoms with van der Waals surface area (Å²) in [7, 11) is 1.53. The Bertz CT molecular complexity index is 722. The Kier molecular flexibility index (Phi) is 5.41. The maximum atomic E-state index is 12.0. The van der Waals surface area contributed by atoms with Gasteiger partial charge in [0.1, 0.15) is 5.75 Å². The lowest BCUT2D eigenvalue weighted by molar-refractivity contribution is 0.0846. The monoisotopic (exact) mass is 382 g/mol. The third kappa shape index (κ3) is 3.99. The minimum absolute atomic E-state index is 0.351. The van der Waals surface area contributed by atoms with E-state index in [1.807, 2.05) is 0 Å². The van der Waals surface area contributed by atoms with Crippen molar-refractivity contribution in [3.63, 3.8) is 0 Å². The highest BCUT2D eigenvalue weighted by atomic mass is 79.9. The van der Waals surface area contributed by atoms with E-state index >= 15 is 0 Å². The van der Waals surface area contributed by atoms with E-state index in [0.29, 0.717) is 26.4 Å². The Labute approximate surface area is 140 Å². The molecule has 0 spiro atoms. The quantitative estimate of drug-likeness (QED) is 0.800. The van der Waals surface area contributed by atoms with Crippen molar-refractivity contribution in [2.24, 2.45) is 0 Å². The largest absolute Gasteiger partial charge is 0.496 e. The summed E-state index contributed by atoms with van der Waals surface area (Å²) in [4.78, 5) is 23.9. The summed E-state index contributed by atoms with van der Waals surface area (Å²) < 4.78 is 5.73. The lowest BCUT2D eigenvalue weighted by atomic mass is 10.2. The average molecular weight is 384 g/mol. The number of hydrogen-bond acceptors (Lipinski definition) is 3. The third-order valence-corrected chi connectivity index (χ3v) is 3.65. The van der Waals surface area contributed by atoms with Crippen LogP contribution in [0.4, 0.5) is 0 Å². The molecule has 0 aliphatic heterocycles. The van der Waals surface area contributed by atoms with Crippen LogP contribution in [0, 0.1) is 0 Å². The van der Waals surface area contributed by atoms with E-state index in [1.165, 1.54) is 13.2 Å². The smallest absolute Gasteiger partial charge is 0.269 e. The number of benzene rings is 2. The van der Waals surface area contributed by atoms with Crippen molar-refractivity contribution >= 4 is 39.3 Å². The fourth-order valence-corrected chi connectivity index (χ4v) is 2.43. The Morgan fingerprint density at radius 1 is 1.05 bits per heavy atom. The highest BCUT2D eigenvalue weighted by Gasteiger charge is 2.11. The number of methoxy groups -OCH3 is 1. The molecular weight excluding hydrogens is 372 g/mol. The fourth-order valence-electron chi connectivity index (χ4n) is 1.70. The number of rotatable bonds is 3. The first-order valence-corrected chi connectivity index (χ1v) is 7.38. The first-order valence-electron chi connectivity index (χ1n) is 6.21. The van der Waals surface area contributed by atoms with Gasteiger partial charge in [0, 0.05) is 16.1 Å². The molecule has 114 valence electrons. The van der Waals surface area contributed by atoms with Crippen LogP contribution < -0.4 is 15.6 Å². The van der Waals surface area contributed by atoms with Gasteiger partial charge in [0.15, 0.2) is 0 Å². The molecule has 7 heteroatoms. The summed E-state index contributed by atoms with van der Waals surface area (Å²) in [6, 6.07) is 11.2. The van der Waals surface area contributed by atoms with Crippen LogP contribution in [0.15, 0.2) is 46.9 Å². The molecule has 5 nitrogen and oxygen atoms in total. The molecule has 2 N–H and O–H groups in total. The number of carbonyl (C=O) groups excluding carboxylic acids is 2. The van der Waals surface area contributed by atoms with Gasteiger partial charge in [-0.3, -0.25) is 20.4 Å². The minimum atomic E-state index is -0.455. The summed E-state index contributed by atoms with van der Waals surface area (Å²) >= 11 is 9.10. The molecule has 2 rings (SSSR count). The highest BCUT2D eigenvalue weighted by molar-refractivity contribution is 9.10. The predicted molar refractivity (Wildman–Crippen MR) is 87.1 cm³/mol. The van der Waals surface area contributed by atoms with Crippen molar-refractivity contribution in [2.75, 3.05) is 7.11 Å². The molecule has 2 aromatic rings. The normalized spacial score (nSPS) is 9.95. The molecule has 0 heterocycles. The van der Waals surface area contributed by atoms with Crippen molar-refractivity contribution in [1.82, 2.24) is 10.9 Å². The summed E-state index contributed by atoms with van der Waals surface area (Å²) in [5, 5.41) is 0.443. The number of carbonyl (C=O) groups is 2. The van der Waals surface area contributed by atoms with Crippen molar-refractivity contribution in [3.05, 3.63) is 63.1 Å². The second-order valence-electron chi connectivity index (χ2n) is 4.27. The van der Waals surface area contributed by atoms with Crippen molar-refractivity contribution in [2.45, 2.75) is 0 Å². The highest BCUT2D eigenvalue weighted by Crippen LogP contribution is 2.25. The van der Waals surface area contributed by atoms with E-state index in [2.05, 4.69) is 26.8 Å². The molecule has 0 bridgehead atoms. The molecule has 2 amide bonds. The maximum Gasteiger partial charge on any atom is 0.269 e. The number of amides is 2. The van der Waals surface area contributed by atoms with E-state index in [-0.39, 0.29) is 0 Å². The van der Waals surface area contributed by atoms with E-state index < -0.39 is 11.8 Å². The van der Waals surface area contributed by atoms with Crippen LogP contribution in [0.1, 0.15) is 20.7 Å². The van der Waals surface area contributed by atoms with Gasteiger partial charge in [0.2, 0.25) is 0 Å². The first kappa shape index (κ1) is 16.3. The molecule has 0 aliphatic rings. The summed E-state index contributed by atoms with van der Waals surface area (Å²) in [5.74, 6) is -0.290. The van der Waals surface area contributed by atoms with E-state index in [4.69, 9.17) is 16.3 Å². The van der Waals surface area contributed by atoms with Crippen LogP contribution in [0.5, 0.6) is 5.75 Å². The number of halogens is 2. The molecule has 0 atom stereocenters. The Morgan fingerprint density at radius 3 is 2.23 bits per heavy atom. The number of hydrogen-bond donors (Lipinski definition) is 2. The van der Waals surface area contributed by atoms with E-state index in [1.54, 1.807) is 36.4 Å². The van der Waals surface area contributed by atoms with Crippen LogP contribution in [0.25, 0.3) is 0 Å². The van der Waals surface area contributed by atoms with Crippen molar-refractivity contribution < 1.29 is 14.3 Å². The van der Waals surface area contributed by atoms with Crippen molar-refractivity contribution in [3.8, 4) is 5.75 Å². The fraction of sp³-hybridized carbons (Fsp3) is 0.0667. The molecule has 0 aromatic heterocycles. The van der Waals surface area contributed by atoms with Crippen LogP contribution >= 0.6 is 27.5 Å². The third-order valence-electron chi connectivity index (χ3n) is 2.79. The van der Waals surface area contributed by atoms with Crippen LogP contribution in [-0.2, 0) is 0 Å². The molecule has 22 heavy (non-hydrogen) atoms. The molecule has 0 unspecified atom stereocenters. The minimum Gasteiger partial charge on any atom is -0.496 e. The SMILES string of the molecule is COc1ccc(C(=O)NNC(=O)c2cccc(Cl)c2)cc1Br. The topological polar surface area (TPSA) is 67.4 Å². The van der Waals surface area contributed by atoms with Crippen LogP contribution in [0.3, 0.4) is 0 Å². The van der Waals surface area contributed by atoms with Gasteiger partial charge in [-0.15, -0.1) is 0 Å². The van der Waals surface area contributed by atoms with E-state index in [9.17, 15) is 9.59 Å². The van der Waals surface area contributed by atoms with Gasteiger partial charge in [-0.1, -0.05) is 17.7 Å². The summed E-state index contributed by atoms with van der Waals surface area (Å²) in [6.07, 6.45) is 0. The Hall–Kier alpha value is -2.05. The standard InChI is InChI=1S/C15H12BrClN2O3/c1-22-13-6-5-10(8-12(13)16)15(21)19-18-14(20)9-3-2-4-11(17)7-9/h2-8H,1H3,(H,18,20)(H,19,21). The van der Waals surface area contributed by atoms with Gasteiger partial charge in [-0.2, -0.15) is 0 Å². The van der Waals surface area contributed by atoms with Gasteiger partial charge in [-0.25, -0.2) is 0 Å². The lowest BCUT2D eigenvalue weighted by Gasteiger charge is -2.09. The zero-order chi connectivity index (χ0) is 16.1. The van der Waals surface area contributed by atoms with E-state index in [0.717, 1.165) is 0 Å². The Morgan fingerprint density at radius 2 is 1.68 bits per heavy atom. The molecule has 0 fully saturated rings. The molecule has 2 aromatic carbocycles. The van der Waals surface area contributed by atoms with Gasteiger partial charge < -0.3 is 4.74 Å². The summed E-state index contributed by atoms with van der Waals surface area (Å²) in [5.41, 5.74) is 5.39. The summed E-state index contributed by atoms with van der Waals surface area (Å²) in [6.45, 7) is 0. The maximum absolute atomic E-state index is 12.0. The van der Waals surface area contributed by atoms with Gasteiger partial charge >= 0.3 is 0 Å². The van der Waals surface area contributed by atoms with Crippen LogP contribution in [-0.4, -0.2) is 18.9 Å². The zero-order valence-corrected chi connectivity index (χ0v) is 13.9. The van der Waals surface area contributed by atoms with Gasteiger partial charge in [0.05, 0.1) is 11.6 Å². The lowest BCUT2D eigenvalue weighted by Crippen LogP contribution is -2.41. The first-order chi connectivity index (χ1) is 10.5. The molecular formula is C15H12BrClN2O3. The second kappa shape index (κ2) is 7.29. The predicted octanol–water partition coefficient (Wildman–Crippen LogP) is 3.19. The second-order valence-corrected chi connectivity index (χ2v) is 5.56. The van der Waals surface area contributed by atoms with Crippen molar-refractivity contribution in [1.29, 1.82) is 0 Å². The number of nitrogens with one attached hydrogen (secondary N) is 2. The van der Waals surface area contributed by atoms with Gasteiger partial charge in [0.25, 0.3) is 11.8 Å². The zero-order valence-electron chi connectivity index (χ0n) is 11.5. The molecule has 0 radical (unpaired) electrons.